The number of ether oxygens (including phenoxy) is 2. The van der Waals surface area contributed by atoms with Gasteiger partial charge in [0.2, 0.25) is 0 Å². The predicted molar refractivity (Wildman–Crippen MR) is 88.3 cm³/mol. The second-order valence-electron chi connectivity index (χ2n) is 6.18. The Balaban J connectivity index is 1.95. The van der Waals surface area contributed by atoms with Crippen molar-refractivity contribution in [3.63, 3.8) is 0 Å². The molecule has 0 aromatic rings. The fraction of sp³-hybridized carbons (Fsp3) is 0.867. The summed E-state index contributed by atoms with van der Waals surface area (Å²) >= 11 is 0. The number of carbonyl (C=O) groups excluding carboxylic acids is 2. The summed E-state index contributed by atoms with van der Waals surface area (Å²) in [6, 6.07) is 0. The fourth-order valence-electron chi connectivity index (χ4n) is 1.78. The summed E-state index contributed by atoms with van der Waals surface area (Å²) in [6.45, 7) is 5.67. The van der Waals surface area contributed by atoms with Crippen LogP contribution < -0.4 is 0 Å². The van der Waals surface area contributed by atoms with Crippen LogP contribution in [-0.4, -0.2) is 36.2 Å². The van der Waals surface area contributed by atoms with Gasteiger partial charge in [0.15, 0.2) is 0 Å². The van der Waals surface area contributed by atoms with Crippen molar-refractivity contribution in [1.29, 1.82) is 0 Å². The Kier molecular flexibility index (Phi) is 8.56. The summed E-state index contributed by atoms with van der Waals surface area (Å²) in [4.78, 5) is 23.0. The van der Waals surface area contributed by atoms with Gasteiger partial charge in [0, 0.05) is 17.4 Å². The van der Waals surface area contributed by atoms with Crippen LogP contribution in [0.15, 0.2) is 0 Å². The van der Waals surface area contributed by atoms with Crippen LogP contribution >= 0.6 is 21.6 Å². The molecule has 0 spiro atoms. The van der Waals surface area contributed by atoms with Crippen molar-refractivity contribution in [1.82, 2.24) is 0 Å². The summed E-state index contributed by atoms with van der Waals surface area (Å²) < 4.78 is 10.1. The molecule has 4 nitrogen and oxygen atoms in total. The highest BCUT2D eigenvalue weighted by molar-refractivity contribution is 8.77. The number of unbranched alkanes of at least 4 members (excludes halogenated alkanes) is 1. The molecule has 21 heavy (non-hydrogen) atoms. The first-order chi connectivity index (χ1) is 9.89. The molecule has 0 aromatic carbocycles. The van der Waals surface area contributed by atoms with E-state index in [1.54, 1.807) is 20.8 Å². The molecule has 1 atom stereocenters. The molecular formula is C15H26O4S2. The zero-order valence-corrected chi connectivity index (χ0v) is 14.8. The van der Waals surface area contributed by atoms with Gasteiger partial charge in [-0.25, -0.2) is 0 Å². The first kappa shape index (κ1) is 18.7. The highest BCUT2D eigenvalue weighted by Gasteiger charge is 2.22. The van der Waals surface area contributed by atoms with Crippen LogP contribution in [0.25, 0.3) is 0 Å². The lowest BCUT2D eigenvalue weighted by atomic mass is 9.97. The summed E-state index contributed by atoms with van der Waals surface area (Å²) in [7, 11) is 3.92. The van der Waals surface area contributed by atoms with E-state index in [4.69, 9.17) is 9.47 Å². The fourth-order valence-corrected chi connectivity index (χ4v) is 4.81. The van der Waals surface area contributed by atoms with E-state index in [-0.39, 0.29) is 25.2 Å². The molecule has 1 unspecified atom stereocenters. The molecule has 122 valence electrons. The molecule has 0 N–H and O–H groups in total. The quantitative estimate of drug-likeness (QED) is 0.382. The van der Waals surface area contributed by atoms with E-state index in [2.05, 4.69) is 0 Å². The molecule has 1 rings (SSSR count). The van der Waals surface area contributed by atoms with Crippen LogP contribution in [-0.2, 0) is 19.1 Å². The minimum absolute atomic E-state index is 0.137. The van der Waals surface area contributed by atoms with Crippen molar-refractivity contribution in [3.05, 3.63) is 0 Å². The smallest absolute Gasteiger partial charge is 0.311 e. The van der Waals surface area contributed by atoms with Gasteiger partial charge in [0.05, 0.1) is 5.41 Å². The Morgan fingerprint density at radius 2 is 1.86 bits per heavy atom. The second-order valence-corrected chi connectivity index (χ2v) is 8.97. The molecule has 1 saturated heterocycles. The largest absolute Gasteiger partial charge is 0.462 e. The van der Waals surface area contributed by atoms with Crippen LogP contribution in [0.2, 0.25) is 0 Å². The van der Waals surface area contributed by atoms with Gasteiger partial charge in [-0.05, 0) is 40.0 Å². The number of carbonyl (C=O) groups is 2. The number of esters is 2. The first-order valence-electron chi connectivity index (χ1n) is 7.50. The molecule has 1 aliphatic rings. The second kappa shape index (κ2) is 9.62. The third-order valence-corrected chi connectivity index (χ3v) is 6.08. The van der Waals surface area contributed by atoms with Crippen LogP contribution in [0.4, 0.5) is 0 Å². The number of hydrogen-bond acceptors (Lipinski definition) is 6. The van der Waals surface area contributed by atoms with Crippen LogP contribution in [0, 0.1) is 5.41 Å². The molecular weight excluding hydrogens is 308 g/mol. The Morgan fingerprint density at radius 3 is 2.48 bits per heavy atom. The predicted octanol–water partition coefficient (Wildman–Crippen LogP) is 3.83. The molecule has 0 aromatic heterocycles. The van der Waals surface area contributed by atoms with Gasteiger partial charge >= 0.3 is 11.9 Å². The normalized spacial score (nSPS) is 18.5. The zero-order valence-electron chi connectivity index (χ0n) is 13.2. The van der Waals surface area contributed by atoms with Gasteiger partial charge in [-0.3, -0.25) is 9.59 Å². The van der Waals surface area contributed by atoms with Crippen molar-refractivity contribution in [2.75, 3.05) is 19.0 Å². The Morgan fingerprint density at radius 1 is 1.14 bits per heavy atom. The average Bonchev–Trinajstić information content (AvgIpc) is 2.91. The molecule has 0 radical (unpaired) electrons. The van der Waals surface area contributed by atoms with E-state index in [1.165, 1.54) is 18.6 Å². The summed E-state index contributed by atoms with van der Waals surface area (Å²) in [5.74, 6) is 0.783. The van der Waals surface area contributed by atoms with E-state index in [0.29, 0.717) is 6.42 Å². The lowest BCUT2D eigenvalue weighted by Crippen LogP contribution is -2.24. The third kappa shape index (κ3) is 8.61. The van der Waals surface area contributed by atoms with Crippen LogP contribution in [0.5, 0.6) is 0 Å². The van der Waals surface area contributed by atoms with Crippen molar-refractivity contribution >= 4 is 33.5 Å². The van der Waals surface area contributed by atoms with E-state index in [0.717, 1.165) is 18.1 Å². The first-order valence-corrected chi connectivity index (χ1v) is 9.89. The van der Waals surface area contributed by atoms with Gasteiger partial charge in [0.1, 0.15) is 13.2 Å². The summed E-state index contributed by atoms with van der Waals surface area (Å²) in [5.41, 5.74) is -0.513. The maximum absolute atomic E-state index is 11.5. The molecule has 0 aliphatic carbocycles. The third-order valence-electron chi connectivity index (χ3n) is 3.08. The Hall–Kier alpha value is -0.360. The van der Waals surface area contributed by atoms with E-state index >= 15 is 0 Å². The molecule has 1 fully saturated rings. The number of rotatable bonds is 8. The van der Waals surface area contributed by atoms with Crippen molar-refractivity contribution in [2.24, 2.45) is 5.41 Å². The van der Waals surface area contributed by atoms with Crippen molar-refractivity contribution < 1.29 is 19.1 Å². The van der Waals surface area contributed by atoms with Crippen LogP contribution in [0.1, 0.15) is 52.9 Å². The molecule has 0 bridgehead atoms. The topological polar surface area (TPSA) is 52.6 Å². The minimum Gasteiger partial charge on any atom is -0.462 e. The van der Waals surface area contributed by atoms with E-state index in [1.807, 2.05) is 21.6 Å². The van der Waals surface area contributed by atoms with Gasteiger partial charge in [-0.1, -0.05) is 28.0 Å². The summed E-state index contributed by atoms with van der Waals surface area (Å²) in [5, 5.41) is 0.767. The molecule has 0 saturated carbocycles. The average molecular weight is 335 g/mol. The molecule has 1 aliphatic heterocycles. The summed E-state index contributed by atoms with van der Waals surface area (Å²) in [6.07, 6.45) is 4.89. The van der Waals surface area contributed by atoms with Gasteiger partial charge in [-0.15, -0.1) is 0 Å². The molecule has 1 heterocycles. The zero-order chi connectivity index (χ0) is 15.7. The Labute approximate surface area is 135 Å². The standard InChI is InChI=1S/C15H26O4S2/c1-15(2,3)14(17)19-10-9-18-13(16)7-5-4-6-12-8-11-20-21-12/h12H,4-11H2,1-3H3. The van der Waals surface area contributed by atoms with E-state index in [9.17, 15) is 9.59 Å². The lowest BCUT2D eigenvalue weighted by Gasteiger charge is -2.16. The van der Waals surface area contributed by atoms with Gasteiger partial charge in [-0.2, -0.15) is 0 Å². The van der Waals surface area contributed by atoms with Gasteiger partial charge in [0.25, 0.3) is 0 Å². The maximum Gasteiger partial charge on any atom is 0.311 e. The van der Waals surface area contributed by atoms with Crippen molar-refractivity contribution in [3.8, 4) is 0 Å². The van der Waals surface area contributed by atoms with E-state index < -0.39 is 5.41 Å². The highest BCUT2D eigenvalue weighted by Crippen LogP contribution is 2.39. The highest BCUT2D eigenvalue weighted by atomic mass is 33.1. The molecule has 6 heteroatoms. The monoisotopic (exact) mass is 334 g/mol. The lowest BCUT2D eigenvalue weighted by molar-refractivity contribution is -0.158. The maximum atomic E-state index is 11.5. The number of hydrogen-bond donors (Lipinski definition) is 0. The van der Waals surface area contributed by atoms with Crippen molar-refractivity contribution in [2.45, 2.75) is 58.1 Å². The Bertz CT molecular complexity index is 333. The molecule has 0 amide bonds. The van der Waals surface area contributed by atoms with Gasteiger partial charge < -0.3 is 9.47 Å². The minimum atomic E-state index is -0.513. The SMILES string of the molecule is CC(C)(C)C(=O)OCCOC(=O)CCCCC1CCSS1. The van der Waals surface area contributed by atoms with Crippen LogP contribution in [0.3, 0.4) is 0 Å².